The maximum Gasteiger partial charge on any atom is 0.234 e. The Hall–Kier alpha value is -0.840. The van der Waals surface area contributed by atoms with Crippen LogP contribution >= 0.6 is 11.8 Å². The highest BCUT2D eigenvalue weighted by Crippen LogP contribution is 2.38. The summed E-state index contributed by atoms with van der Waals surface area (Å²) < 4.78 is 5.10. The van der Waals surface area contributed by atoms with Crippen LogP contribution in [-0.2, 0) is 11.2 Å². The molecule has 0 spiro atoms. The Balaban J connectivity index is 1.99. The first-order valence-corrected chi connectivity index (χ1v) is 6.68. The first-order chi connectivity index (χ1) is 7.66. The van der Waals surface area contributed by atoms with E-state index in [2.05, 4.69) is 10.1 Å². The zero-order valence-corrected chi connectivity index (χ0v) is 10.4. The number of ketones is 1. The molecule has 0 bridgehead atoms. The lowest BCUT2D eigenvalue weighted by molar-refractivity contribution is -0.121. The Labute approximate surface area is 99.2 Å². The molecule has 1 atom stereocenters. The lowest BCUT2D eigenvalue weighted by atomic mass is 10.1. The third kappa shape index (κ3) is 2.64. The molecule has 0 aromatic carbocycles. The van der Waals surface area contributed by atoms with Gasteiger partial charge < -0.3 is 4.52 Å². The Morgan fingerprint density at radius 2 is 2.44 bits per heavy atom. The predicted octanol–water partition coefficient (Wildman–Crippen LogP) is 2.41. The summed E-state index contributed by atoms with van der Waals surface area (Å²) in [6.45, 7) is 3.76. The van der Waals surface area contributed by atoms with E-state index in [1.807, 2.05) is 25.6 Å². The minimum absolute atomic E-state index is 0.0243. The highest BCUT2D eigenvalue weighted by molar-refractivity contribution is 7.99. The highest BCUT2D eigenvalue weighted by Gasteiger charge is 2.23. The van der Waals surface area contributed by atoms with E-state index in [9.17, 15) is 4.79 Å². The van der Waals surface area contributed by atoms with Gasteiger partial charge in [-0.1, -0.05) is 19.0 Å². The first kappa shape index (κ1) is 11.6. The van der Waals surface area contributed by atoms with Crippen LogP contribution in [0.4, 0.5) is 0 Å². The number of carbonyl (C=O) groups excluding carboxylic acids is 1. The van der Waals surface area contributed by atoms with E-state index in [4.69, 9.17) is 4.52 Å². The summed E-state index contributed by atoms with van der Waals surface area (Å²) in [6, 6.07) is 0. The quantitative estimate of drug-likeness (QED) is 0.809. The van der Waals surface area contributed by atoms with E-state index in [0.29, 0.717) is 11.1 Å². The zero-order valence-electron chi connectivity index (χ0n) is 9.60. The van der Waals surface area contributed by atoms with Crippen LogP contribution in [0.15, 0.2) is 4.52 Å². The van der Waals surface area contributed by atoms with Gasteiger partial charge in [0.1, 0.15) is 5.78 Å². The van der Waals surface area contributed by atoms with Crippen molar-refractivity contribution >= 4 is 17.5 Å². The molecule has 1 aromatic heterocycles. The van der Waals surface area contributed by atoms with Gasteiger partial charge in [0.2, 0.25) is 5.89 Å². The summed E-state index contributed by atoms with van der Waals surface area (Å²) in [5.41, 5.74) is 0. The molecule has 1 saturated heterocycles. The minimum Gasteiger partial charge on any atom is -0.339 e. The largest absolute Gasteiger partial charge is 0.339 e. The fourth-order valence-corrected chi connectivity index (χ4v) is 2.80. The fourth-order valence-electron chi connectivity index (χ4n) is 1.61. The Morgan fingerprint density at radius 3 is 3.06 bits per heavy atom. The average Bonchev–Trinajstić information content (AvgIpc) is 2.85. The van der Waals surface area contributed by atoms with Crippen LogP contribution in [0.1, 0.15) is 43.7 Å². The number of nitrogens with zero attached hydrogens (tertiary/aromatic N) is 2. The second-order valence-electron chi connectivity index (χ2n) is 4.35. The summed E-state index contributed by atoms with van der Waals surface area (Å²) >= 11 is 1.86. The smallest absolute Gasteiger partial charge is 0.234 e. The van der Waals surface area contributed by atoms with Crippen LogP contribution in [0.25, 0.3) is 0 Å². The molecule has 4 nitrogen and oxygen atoms in total. The molecule has 5 heteroatoms. The molecule has 0 N–H and O–H groups in total. The van der Waals surface area contributed by atoms with Crippen molar-refractivity contribution in [2.75, 3.05) is 5.75 Å². The number of thioether (sulfide) groups is 1. The number of carbonyl (C=O) groups is 1. The van der Waals surface area contributed by atoms with Crippen molar-refractivity contribution in [2.24, 2.45) is 5.92 Å². The van der Waals surface area contributed by atoms with Crippen molar-refractivity contribution < 1.29 is 9.32 Å². The van der Waals surface area contributed by atoms with Crippen LogP contribution in [0.2, 0.25) is 0 Å². The van der Waals surface area contributed by atoms with Crippen molar-refractivity contribution in [1.29, 1.82) is 0 Å². The van der Waals surface area contributed by atoms with E-state index in [1.54, 1.807) is 0 Å². The van der Waals surface area contributed by atoms with Gasteiger partial charge in [0.05, 0.1) is 11.7 Å². The second-order valence-corrected chi connectivity index (χ2v) is 5.66. The van der Waals surface area contributed by atoms with Crippen LogP contribution in [-0.4, -0.2) is 21.7 Å². The van der Waals surface area contributed by atoms with E-state index < -0.39 is 0 Å². The molecule has 1 aromatic rings. The third-order valence-electron chi connectivity index (χ3n) is 2.67. The Kier molecular flexibility index (Phi) is 3.63. The lowest BCUT2D eigenvalue weighted by Gasteiger charge is -2.00. The zero-order chi connectivity index (χ0) is 11.5. The number of hydrogen-bond donors (Lipinski definition) is 0. The molecule has 1 fully saturated rings. The monoisotopic (exact) mass is 240 g/mol. The summed E-state index contributed by atoms with van der Waals surface area (Å²) in [4.78, 5) is 15.8. The topological polar surface area (TPSA) is 56.0 Å². The standard InChI is InChI=1S/C11H16N2O2S/c1-7(2)8(14)6-10-12-11(13-15-10)9-4-3-5-16-9/h7,9H,3-6H2,1-2H3. The molecule has 1 aliphatic heterocycles. The molecule has 16 heavy (non-hydrogen) atoms. The van der Waals surface area contributed by atoms with Crippen LogP contribution in [0.3, 0.4) is 0 Å². The molecule has 2 rings (SSSR count). The molecule has 1 aliphatic rings. The van der Waals surface area contributed by atoms with Gasteiger partial charge in [0, 0.05) is 5.92 Å². The van der Waals surface area contributed by atoms with Crippen molar-refractivity contribution in [3.8, 4) is 0 Å². The summed E-state index contributed by atoms with van der Waals surface area (Å²) in [7, 11) is 0. The molecular weight excluding hydrogens is 224 g/mol. The fraction of sp³-hybridized carbons (Fsp3) is 0.727. The van der Waals surface area contributed by atoms with Gasteiger partial charge in [0.15, 0.2) is 5.82 Å². The second kappa shape index (κ2) is 4.99. The van der Waals surface area contributed by atoms with Crippen molar-refractivity contribution in [3.05, 3.63) is 11.7 Å². The van der Waals surface area contributed by atoms with Gasteiger partial charge >= 0.3 is 0 Å². The molecule has 0 aliphatic carbocycles. The lowest BCUT2D eigenvalue weighted by Crippen LogP contribution is -2.10. The van der Waals surface area contributed by atoms with Crippen molar-refractivity contribution in [1.82, 2.24) is 10.1 Å². The molecule has 0 radical (unpaired) electrons. The van der Waals surface area contributed by atoms with Crippen LogP contribution in [0, 0.1) is 5.92 Å². The predicted molar refractivity (Wildman–Crippen MR) is 62.3 cm³/mol. The number of Topliss-reactive ketones (excluding diaryl/α,β-unsaturated/α-hetero) is 1. The number of hydrogen-bond acceptors (Lipinski definition) is 5. The molecule has 0 amide bonds. The first-order valence-electron chi connectivity index (χ1n) is 5.63. The third-order valence-corrected chi connectivity index (χ3v) is 4.04. The van der Waals surface area contributed by atoms with Gasteiger partial charge in [-0.05, 0) is 18.6 Å². The molecule has 88 valence electrons. The molecule has 2 heterocycles. The number of rotatable bonds is 4. The maximum atomic E-state index is 11.5. The number of aromatic nitrogens is 2. The Morgan fingerprint density at radius 1 is 1.62 bits per heavy atom. The maximum absolute atomic E-state index is 11.5. The van der Waals surface area contributed by atoms with Gasteiger partial charge in [-0.2, -0.15) is 16.7 Å². The van der Waals surface area contributed by atoms with E-state index in [0.717, 1.165) is 12.2 Å². The summed E-state index contributed by atoms with van der Waals surface area (Å²) in [5, 5.41) is 4.32. The van der Waals surface area contributed by atoms with Gasteiger partial charge in [-0.25, -0.2) is 0 Å². The normalized spacial score (nSPS) is 20.6. The SMILES string of the molecule is CC(C)C(=O)Cc1nc(C2CCCS2)no1. The summed E-state index contributed by atoms with van der Waals surface area (Å²) in [5.74, 6) is 2.56. The Bertz CT molecular complexity index is 370. The van der Waals surface area contributed by atoms with Gasteiger partial charge in [-0.3, -0.25) is 4.79 Å². The molecular formula is C11H16N2O2S. The van der Waals surface area contributed by atoms with Crippen LogP contribution in [0.5, 0.6) is 0 Å². The van der Waals surface area contributed by atoms with Gasteiger partial charge in [-0.15, -0.1) is 0 Å². The summed E-state index contributed by atoms with van der Waals surface area (Å²) in [6.07, 6.45) is 2.59. The van der Waals surface area contributed by atoms with E-state index >= 15 is 0 Å². The average molecular weight is 240 g/mol. The molecule has 1 unspecified atom stereocenters. The van der Waals surface area contributed by atoms with Crippen LogP contribution < -0.4 is 0 Å². The van der Waals surface area contributed by atoms with Gasteiger partial charge in [0.25, 0.3) is 0 Å². The minimum atomic E-state index is 0.0243. The van der Waals surface area contributed by atoms with E-state index in [-0.39, 0.29) is 18.1 Å². The van der Waals surface area contributed by atoms with Crippen molar-refractivity contribution in [2.45, 2.75) is 38.4 Å². The highest BCUT2D eigenvalue weighted by atomic mass is 32.2. The molecule has 0 saturated carbocycles. The van der Waals surface area contributed by atoms with E-state index in [1.165, 1.54) is 12.2 Å². The van der Waals surface area contributed by atoms with Crippen molar-refractivity contribution in [3.63, 3.8) is 0 Å².